The maximum absolute atomic E-state index is 15.0. The maximum Gasteiger partial charge on any atom is 0.159 e. The average molecular weight is 483 g/mol. The lowest BCUT2D eigenvalue weighted by molar-refractivity contribution is 0.199. The van der Waals surface area contributed by atoms with E-state index in [9.17, 15) is 8.78 Å². The zero-order valence-electron chi connectivity index (χ0n) is 19.8. The van der Waals surface area contributed by atoms with Crippen molar-refractivity contribution in [3.05, 3.63) is 94.8 Å². The summed E-state index contributed by atoms with van der Waals surface area (Å²) in [4.78, 5) is 0. The molecule has 1 aliphatic rings. The third-order valence-corrected chi connectivity index (χ3v) is 10.7. The zero-order valence-corrected chi connectivity index (χ0v) is 21.0. The fraction of sp³-hybridized carbons (Fsp3) is 0.379. The Kier molecular flexibility index (Phi) is 8.62. The van der Waals surface area contributed by atoms with Crippen LogP contribution < -0.4 is 0 Å². The minimum absolute atomic E-state index is 0.161. The summed E-state index contributed by atoms with van der Waals surface area (Å²) in [6.07, 6.45) is 4.90. The van der Waals surface area contributed by atoms with Crippen LogP contribution in [0.4, 0.5) is 13.2 Å². The van der Waals surface area contributed by atoms with Gasteiger partial charge in [0.25, 0.3) is 0 Å². The van der Waals surface area contributed by atoms with E-state index in [1.807, 2.05) is 30.3 Å². The Balaban J connectivity index is 1.34. The highest BCUT2D eigenvalue weighted by atomic mass is 28.3. The average Bonchev–Trinajstić information content (AvgIpc) is 2.86. The number of hydrogen-bond acceptors (Lipinski definition) is 1. The molecule has 3 aromatic carbocycles. The van der Waals surface area contributed by atoms with Gasteiger partial charge in [0.15, 0.2) is 11.6 Å². The first-order chi connectivity index (χ1) is 16.5. The van der Waals surface area contributed by atoms with E-state index in [2.05, 4.69) is 6.07 Å². The molecule has 0 N–H and O–H groups in total. The summed E-state index contributed by atoms with van der Waals surface area (Å²) in [6.45, 7) is 0.870. The Labute approximate surface area is 202 Å². The minimum atomic E-state index is -0.825. The molecule has 0 aliphatic carbocycles. The van der Waals surface area contributed by atoms with Crippen molar-refractivity contribution >= 4 is 8.80 Å². The Morgan fingerprint density at radius 1 is 0.794 bits per heavy atom. The van der Waals surface area contributed by atoms with Crippen molar-refractivity contribution in [1.29, 1.82) is 0 Å². The van der Waals surface area contributed by atoms with Crippen LogP contribution in [0.5, 0.6) is 0 Å². The van der Waals surface area contributed by atoms with Crippen molar-refractivity contribution in [3.8, 4) is 11.1 Å². The van der Waals surface area contributed by atoms with Crippen LogP contribution in [0.25, 0.3) is 11.1 Å². The first-order valence-corrected chi connectivity index (χ1v) is 14.8. The summed E-state index contributed by atoms with van der Waals surface area (Å²) in [5.74, 6) is -1.32. The standard InChI is InChI=1S/C29H33F3OSi/c1-33-15-2-16-34-17-13-23(14-18-34)25-10-11-26(28(31)20-25)24-8-5-21(6-9-24)3-4-22-7-12-27(30)29(32)19-22/h5-12,19-20,23,34H,2-4,13-18H2,1H3/t23-,34-. The molecule has 1 nitrogen and oxygen atoms in total. The van der Waals surface area contributed by atoms with Gasteiger partial charge in [-0.25, -0.2) is 13.2 Å². The van der Waals surface area contributed by atoms with Gasteiger partial charge in [0, 0.05) is 28.1 Å². The maximum atomic E-state index is 15.0. The number of aryl methyl sites for hydroxylation is 2. The highest BCUT2D eigenvalue weighted by molar-refractivity contribution is 6.59. The first-order valence-electron chi connectivity index (χ1n) is 12.3. The van der Waals surface area contributed by atoms with E-state index < -0.39 is 20.4 Å². The Morgan fingerprint density at radius 2 is 1.50 bits per heavy atom. The van der Waals surface area contributed by atoms with Crippen LogP contribution in [-0.2, 0) is 17.6 Å². The molecule has 0 unspecified atom stereocenters. The van der Waals surface area contributed by atoms with Gasteiger partial charge >= 0.3 is 0 Å². The molecule has 3 aromatic rings. The number of rotatable bonds is 9. The molecule has 0 atom stereocenters. The molecular formula is C29H33F3OSi. The monoisotopic (exact) mass is 482 g/mol. The van der Waals surface area contributed by atoms with Crippen LogP contribution in [0.2, 0.25) is 18.1 Å². The number of benzene rings is 3. The molecule has 0 amide bonds. The summed E-state index contributed by atoms with van der Waals surface area (Å²) in [5.41, 5.74) is 4.45. The van der Waals surface area contributed by atoms with Crippen molar-refractivity contribution in [2.45, 2.75) is 56.2 Å². The molecular weight excluding hydrogens is 449 g/mol. The highest BCUT2D eigenvalue weighted by Gasteiger charge is 2.23. The predicted octanol–water partition coefficient (Wildman–Crippen LogP) is 7.70. The largest absolute Gasteiger partial charge is 0.385 e. The lowest BCUT2D eigenvalue weighted by atomic mass is 9.91. The predicted molar refractivity (Wildman–Crippen MR) is 136 cm³/mol. The molecule has 180 valence electrons. The molecule has 1 heterocycles. The molecule has 1 saturated heterocycles. The molecule has 1 aliphatic heterocycles. The van der Waals surface area contributed by atoms with E-state index >= 15 is 4.39 Å². The van der Waals surface area contributed by atoms with Gasteiger partial charge < -0.3 is 4.74 Å². The topological polar surface area (TPSA) is 9.23 Å². The summed E-state index contributed by atoms with van der Waals surface area (Å²) < 4.78 is 46.7. The van der Waals surface area contributed by atoms with E-state index in [0.717, 1.165) is 34.9 Å². The van der Waals surface area contributed by atoms with Gasteiger partial charge in [-0.1, -0.05) is 60.6 Å². The van der Waals surface area contributed by atoms with Crippen LogP contribution in [0.15, 0.2) is 60.7 Å². The summed E-state index contributed by atoms with van der Waals surface area (Å²) >= 11 is 0. The fourth-order valence-corrected chi connectivity index (χ4v) is 8.51. The lowest BCUT2D eigenvalue weighted by Crippen LogP contribution is -2.20. The number of methoxy groups -OCH3 is 1. The van der Waals surface area contributed by atoms with Gasteiger partial charge in [0.05, 0.1) is 0 Å². The van der Waals surface area contributed by atoms with Crippen molar-refractivity contribution in [2.24, 2.45) is 0 Å². The third kappa shape index (κ3) is 6.39. The number of halogens is 3. The van der Waals surface area contributed by atoms with Crippen LogP contribution in [0.3, 0.4) is 0 Å². The van der Waals surface area contributed by atoms with Crippen LogP contribution in [0, 0.1) is 17.5 Å². The van der Waals surface area contributed by atoms with Crippen molar-refractivity contribution in [1.82, 2.24) is 0 Å². The molecule has 0 radical (unpaired) electrons. The molecule has 5 heteroatoms. The third-order valence-electron chi connectivity index (χ3n) is 7.22. The fourth-order valence-electron chi connectivity index (χ4n) is 5.15. The van der Waals surface area contributed by atoms with Gasteiger partial charge in [-0.2, -0.15) is 0 Å². The van der Waals surface area contributed by atoms with Crippen molar-refractivity contribution in [2.75, 3.05) is 13.7 Å². The molecule has 0 bridgehead atoms. The second kappa shape index (κ2) is 11.9. The first kappa shape index (κ1) is 24.7. The van der Waals surface area contributed by atoms with Crippen LogP contribution in [-0.4, -0.2) is 22.5 Å². The molecule has 1 fully saturated rings. The molecule has 4 rings (SSSR count). The molecule has 0 saturated carbocycles. The second-order valence-corrected chi connectivity index (χ2v) is 13.0. The van der Waals surface area contributed by atoms with Gasteiger partial charge in [-0.15, -0.1) is 0 Å². The van der Waals surface area contributed by atoms with E-state index in [0.29, 0.717) is 24.3 Å². The Hall–Kier alpha value is -2.37. The second-order valence-electron chi connectivity index (χ2n) is 9.54. The number of ether oxygens (including phenoxy) is 1. The molecule has 0 aromatic heterocycles. The van der Waals surface area contributed by atoms with Crippen molar-refractivity contribution in [3.63, 3.8) is 0 Å². The van der Waals surface area contributed by atoms with Gasteiger partial charge in [-0.05, 0) is 78.5 Å². The number of hydrogen-bond donors (Lipinski definition) is 0. The van der Waals surface area contributed by atoms with E-state index in [4.69, 9.17) is 4.74 Å². The minimum Gasteiger partial charge on any atom is -0.385 e. The van der Waals surface area contributed by atoms with Gasteiger partial charge in [-0.3, -0.25) is 0 Å². The highest BCUT2D eigenvalue weighted by Crippen LogP contribution is 2.36. The van der Waals surface area contributed by atoms with E-state index in [1.165, 1.54) is 43.5 Å². The summed E-state index contributed by atoms with van der Waals surface area (Å²) in [7, 11) is 1.13. The zero-order chi connectivity index (χ0) is 23.9. The van der Waals surface area contributed by atoms with E-state index in [-0.39, 0.29) is 5.82 Å². The Bertz CT molecular complexity index is 1080. The molecule has 0 spiro atoms. The lowest BCUT2D eigenvalue weighted by Gasteiger charge is -2.28. The Morgan fingerprint density at radius 3 is 2.18 bits per heavy atom. The van der Waals surface area contributed by atoms with Crippen LogP contribution in [0.1, 0.15) is 41.9 Å². The summed E-state index contributed by atoms with van der Waals surface area (Å²) in [5, 5.41) is 0. The molecule has 34 heavy (non-hydrogen) atoms. The van der Waals surface area contributed by atoms with Crippen LogP contribution >= 0.6 is 0 Å². The van der Waals surface area contributed by atoms with E-state index in [1.54, 1.807) is 19.2 Å². The SMILES string of the molecule is COCCC[Si@H]1CC[C@H](c2ccc(-c3ccc(CCc4ccc(F)c(F)c4)cc3)c(F)c2)CC1. The normalized spacial score (nSPS) is 18.2. The quantitative estimate of drug-likeness (QED) is 0.224. The summed E-state index contributed by atoms with van der Waals surface area (Å²) in [6, 6.07) is 21.7. The van der Waals surface area contributed by atoms with Crippen molar-refractivity contribution < 1.29 is 17.9 Å². The van der Waals surface area contributed by atoms with Gasteiger partial charge in [0.2, 0.25) is 0 Å². The van der Waals surface area contributed by atoms with Gasteiger partial charge in [0.1, 0.15) is 5.82 Å². The smallest absolute Gasteiger partial charge is 0.159 e.